The maximum atomic E-state index is 13.0. The highest BCUT2D eigenvalue weighted by atomic mass is 79.9. The molecule has 1 fully saturated rings. The Bertz CT molecular complexity index is 1110. The smallest absolute Gasteiger partial charge is 0.252 e. The number of likely N-dealkylation sites (tertiary alicyclic amines) is 1. The minimum atomic E-state index is -0.255. The maximum Gasteiger partial charge on any atom is 0.252 e. The Morgan fingerprint density at radius 3 is 2.51 bits per heavy atom. The fourth-order valence-electron chi connectivity index (χ4n) is 4.21. The van der Waals surface area contributed by atoms with Gasteiger partial charge in [-0.3, -0.25) is 14.4 Å². The topological polar surface area (TPSA) is 59.4 Å². The second kappa shape index (κ2) is 12.6. The number of benzene rings is 2. The van der Waals surface area contributed by atoms with Crippen LogP contribution in [0, 0.1) is 12.8 Å². The van der Waals surface area contributed by atoms with Crippen molar-refractivity contribution in [2.45, 2.75) is 46.3 Å². The molecule has 0 radical (unpaired) electrons. The molecule has 1 atom stereocenters. The quantitative estimate of drug-likeness (QED) is 0.349. The van der Waals surface area contributed by atoms with Crippen LogP contribution in [-0.2, 0) is 6.54 Å². The van der Waals surface area contributed by atoms with Crippen molar-refractivity contribution in [1.29, 1.82) is 0 Å². The van der Waals surface area contributed by atoms with Gasteiger partial charge in [0.1, 0.15) is 11.9 Å². The Balaban J connectivity index is 0.00000342. The van der Waals surface area contributed by atoms with E-state index in [9.17, 15) is 4.79 Å². The zero-order valence-corrected chi connectivity index (χ0v) is 22.9. The summed E-state index contributed by atoms with van der Waals surface area (Å²) in [6.45, 7) is 9.51. The summed E-state index contributed by atoms with van der Waals surface area (Å²) < 4.78 is 9.08. The zero-order chi connectivity index (χ0) is 24.1. The van der Waals surface area contributed by atoms with Crippen molar-refractivity contribution < 1.29 is 9.53 Å². The minimum Gasteiger partial charge on any atom is -0.493 e. The molecule has 0 aliphatic carbocycles. The SMILES string of the molecule is Cc1cc(C(NC(=O)c2ccccc2)N2CCCC2)nn1Cc1cc(Br)ccc1OCC(C)C.Cl. The Hall–Kier alpha value is -2.35. The van der Waals surface area contributed by atoms with Crippen LogP contribution in [0.3, 0.4) is 0 Å². The largest absolute Gasteiger partial charge is 0.493 e. The number of carbonyl (C=O) groups is 1. The number of aromatic nitrogens is 2. The highest BCUT2D eigenvalue weighted by Gasteiger charge is 2.28. The molecule has 0 bridgehead atoms. The highest BCUT2D eigenvalue weighted by molar-refractivity contribution is 9.10. The molecule has 0 saturated carbocycles. The van der Waals surface area contributed by atoms with Gasteiger partial charge in [0.2, 0.25) is 0 Å². The van der Waals surface area contributed by atoms with E-state index in [1.807, 2.05) is 47.1 Å². The Labute approximate surface area is 222 Å². The number of ether oxygens (including phenoxy) is 1. The van der Waals surface area contributed by atoms with Crippen LogP contribution in [0.2, 0.25) is 0 Å². The summed E-state index contributed by atoms with van der Waals surface area (Å²) in [7, 11) is 0. The molecule has 188 valence electrons. The van der Waals surface area contributed by atoms with Gasteiger partial charge in [-0.1, -0.05) is 48.0 Å². The molecule has 6 nitrogen and oxygen atoms in total. The van der Waals surface area contributed by atoms with Crippen LogP contribution >= 0.6 is 28.3 Å². The number of halogens is 2. The standard InChI is InChI=1S/C27H33BrN4O2.ClH/c1-19(2)18-34-25-12-11-23(28)16-22(25)17-32-20(3)15-24(30-32)26(31-13-7-8-14-31)29-27(33)21-9-5-4-6-10-21;/h4-6,9-12,15-16,19,26H,7-8,13-14,17-18H2,1-3H3,(H,29,33);1H. The lowest BCUT2D eigenvalue weighted by molar-refractivity contribution is 0.0867. The summed E-state index contributed by atoms with van der Waals surface area (Å²) in [6, 6.07) is 17.6. The van der Waals surface area contributed by atoms with E-state index in [1.54, 1.807) is 0 Å². The van der Waals surface area contributed by atoms with Gasteiger partial charge in [0.05, 0.1) is 18.8 Å². The lowest BCUT2D eigenvalue weighted by Gasteiger charge is -2.27. The number of rotatable bonds is 9. The number of carbonyl (C=O) groups excluding carboxylic acids is 1. The first-order valence-corrected chi connectivity index (χ1v) is 12.8. The van der Waals surface area contributed by atoms with Crippen LogP contribution in [0.1, 0.15) is 60.2 Å². The summed E-state index contributed by atoms with van der Waals surface area (Å²) in [5, 5.41) is 8.18. The molecule has 2 heterocycles. The lowest BCUT2D eigenvalue weighted by Crippen LogP contribution is -2.40. The van der Waals surface area contributed by atoms with Gasteiger partial charge >= 0.3 is 0 Å². The van der Waals surface area contributed by atoms with Gasteiger partial charge in [-0.2, -0.15) is 5.10 Å². The number of aryl methyl sites for hydroxylation is 1. The van der Waals surface area contributed by atoms with Crippen molar-refractivity contribution >= 4 is 34.2 Å². The van der Waals surface area contributed by atoms with E-state index in [-0.39, 0.29) is 24.5 Å². The van der Waals surface area contributed by atoms with E-state index in [0.29, 0.717) is 24.6 Å². The van der Waals surface area contributed by atoms with E-state index < -0.39 is 0 Å². The first-order chi connectivity index (χ1) is 16.4. The first-order valence-electron chi connectivity index (χ1n) is 12.0. The third-order valence-corrected chi connectivity index (χ3v) is 6.50. The molecular formula is C27H34BrClN4O2. The molecule has 1 amide bonds. The number of hydrogen-bond acceptors (Lipinski definition) is 4. The van der Waals surface area contributed by atoms with E-state index in [0.717, 1.165) is 53.1 Å². The van der Waals surface area contributed by atoms with E-state index in [2.05, 4.69) is 59.1 Å². The monoisotopic (exact) mass is 560 g/mol. The zero-order valence-electron chi connectivity index (χ0n) is 20.5. The lowest BCUT2D eigenvalue weighted by atomic mass is 10.2. The molecule has 1 aliphatic rings. The van der Waals surface area contributed by atoms with E-state index >= 15 is 0 Å². The van der Waals surface area contributed by atoms with Crippen molar-refractivity contribution in [2.24, 2.45) is 5.92 Å². The number of hydrogen-bond donors (Lipinski definition) is 1. The van der Waals surface area contributed by atoms with Gasteiger partial charge in [0.15, 0.2) is 0 Å². The first kappa shape index (κ1) is 27.2. The average molecular weight is 562 g/mol. The average Bonchev–Trinajstić information content (AvgIpc) is 3.48. The second-order valence-corrected chi connectivity index (χ2v) is 10.2. The normalized spacial score (nSPS) is 14.5. The van der Waals surface area contributed by atoms with Crippen LogP contribution in [0.4, 0.5) is 0 Å². The van der Waals surface area contributed by atoms with Crippen molar-refractivity contribution in [2.75, 3.05) is 19.7 Å². The molecule has 1 aliphatic heterocycles. The molecular weight excluding hydrogens is 528 g/mol. The van der Waals surface area contributed by atoms with Crippen LogP contribution in [0.25, 0.3) is 0 Å². The Kier molecular flexibility index (Phi) is 9.78. The predicted octanol–water partition coefficient (Wildman–Crippen LogP) is 5.98. The van der Waals surface area contributed by atoms with Crippen LogP contribution in [0.5, 0.6) is 5.75 Å². The van der Waals surface area contributed by atoms with Crippen LogP contribution < -0.4 is 10.1 Å². The Morgan fingerprint density at radius 2 is 1.83 bits per heavy atom. The summed E-state index contributed by atoms with van der Waals surface area (Å²) >= 11 is 3.59. The molecule has 8 heteroatoms. The maximum absolute atomic E-state index is 13.0. The summed E-state index contributed by atoms with van der Waals surface area (Å²) in [4.78, 5) is 15.3. The molecule has 0 spiro atoms. The predicted molar refractivity (Wildman–Crippen MR) is 145 cm³/mol. The molecule has 1 unspecified atom stereocenters. The Morgan fingerprint density at radius 1 is 1.11 bits per heavy atom. The highest BCUT2D eigenvalue weighted by Crippen LogP contribution is 2.27. The molecule has 1 saturated heterocycles. The van der Waals surface area contributed by atoms with E-state index in [1.165, 1.54) is 0 Å². The molecule has 4 rings (SSSR count). The van der Waals surface area contributed by atoms with Crippen molar-refractivity contribution in [3.8, 4) is 5.75 Å². The van der Waals surface area contributed by atoms with Crippen LogP contribution in [-0.4, -0.2) is 40.3 Å². The van der Waals surface area contributed by atoms with Gasteiger partial charge in [0.25, 0.3) is 5.91 Å². The third-order valence-electron chi connectivity index (χ3n) is 6.00. The second-order valence-electron chi connectivity index (χ2n) is 9.31. The summed E-state index contributed by atoms with van der Waals surface area (Å²) in [5.41, 5.74) is 3.63. The fraction of sp³-hybridized carbons (Fsp3) is 0.407. The van der Waals surface area contributed by atoms with Gasteiger partial charge in [-0.25, -0.2) is 0 Å². The van der Waals surface area contributed by atoms with Gasteiger partial charge < -0.3 is 10.1 Å². The molecule has 1 aromatic heterocycles. The molecule has 3 aromatic rings. The van der Waals surface area contributed by atoms with Crippen molar-refractivity contribution in [3.63, 3.8) is 0 Å². The summed E-state index contributed by atoms with van der Waals surface area (Å²) in [6.07, 6.45) is 2.01. The third kappa shape index (κ3) is 7.09. The molecule has 1 N–H and O–H groups in total. The van der Waals surface area contributed by atoms with Crippen molar-refractivity contribution in [3.05, 3.63) is 81.6 Å². The van der Waals surface area contributed by atoms with E-state index in [4.69, 9.17) is 9.84 Å². The van der Waals surface area contributed by atoms with Gasteiger partial charge in [0, 0.05) is 34.4 Å². The summed E-state index contributed by atoms with van der Waals surface area (Å²) in [5.74, 6) is 1.24. The number of amides is 1. The molecule has 35 heavy (non-hydrogen) atoms. The van der Waals surface area contributed by atoms with Gasteiger partial charge in [-0.15, -0.1) is 12.4 Å². The van der Waals surface area contributed by atoms with Gasteiger partial charge in [-0.05, 0) is 62.1 Å². The minimum absolute atomic E-state index is 0. The number of nitrogens with zero attached hydrogens (tertiary/aromatic N) is 3. The number of nitrogens with one attached hydrogen (secondary N) is 1. The fourth-order valence-corrected chi connectivity index (χ4v) is 4.62. The van der Waals surface area contributed by atoms with Crippen molar-refractivity contribution in [1.82, 2.24) is 20.0 Å². The van der Waals surface area contributed by atoms with Crippen LogP contribution in [0.15, 0.2) is 59.1 Å². The molecule has 2 aromatic carbocycles.